The highest BCUT2D eigenvalue weighted by Crippen LogP contribution is 2.34. The molecule has 7 heteroatoms. The Labute approximate surface area is 171 Å². The van der Waals surface area contributed by atoms with E-state index in [2.05, 4.69) is 6.58 Å². The summed E-state index contributed by atoms with van der Waals surface area (Å²) >= 11 is 12.9. The highest BCUT2D eigenvalue weighted by molar-refractivity contribution is 8.18. The number of halogens is 2. The van der Waals surface area contributed by atoms with Crippen LogP contribution in [0.15, 0.2) is 60.0 Å². The Morgan fingerprint density at radius 1 is 1.15 bits per heavy atom. The van der Waals surface area contributed by atoms with Gasteiger partial charge in [0.25, 0.3) is 11.1 Å². The van der Waals surface area contributed by atoms with Crippen LogP contribution in [0.25, 0.3) is 6.08 Å². The fraction of sp³-hybridized carbons (Fsp3) is 0.100. The van der Waals surface area contributed by atoms with Crippen molar-refractivity contribution < 1.29 is 14.3 Å². The number of imide groups is 1. The summed E-state index contributed by atoms with van der Waals surface area (Å²) in [6.07, 6.45) is 3.33. The molecule has 0 saturated carbocycles. The highest BCUT2D eigenvalue weighted by Gasteiger charge is 2.35. The van der Waals surface area contributed by atoms with Gasteiger partial charge in [-0.3, -0.25) is 14.5 Å². The second-order valence-corrected chi connectivity index (χ2v) is 7.51. The first-order valence-corrected chi connectivity index (χ1v) is 9.58. The van der Waals surface area contributed by atoms with Gasteiger partial charge < -0.3 is 4.74 Å². The van der Waals surface area contributed by atoms with Crippen molar-refractivity contribution in [2.24, 2.45) is 0 Å². The summed E-state index contributed by atoms with van der Waals surface area (Å²) in [4.78, 5) is 26.5. The molecule has 0 spiro atoms. The Bertz CT molecular complexity index is 943. The number of amides is 2. The molecule has 0 aliphatic carbocycles. The number of hydrogen-bond donors (Lipinski definition) is 0. The zero-order chi connectivity index (χ0) is 19.4. The Kier molecular flexibility index (Phi) is 6.26. The van der Waals surface area contributed by atoms with E-state index < -0.39 is 0 Å². The summed E-state index contributed by atoms with van der Waals surface area (Å²) < 4.78 is 5.49. The molecule has 2 amide bonds. The number of ether oxygens (including phenoxy) is 1. The molecule has 1 aliphatic heterocycles. The van der Waals surface area contributed by atoms with Crippen molar-refractivity contribution in [2.75, 3.05) is 6.61 Å². The van der Waals surface area contributed by atoms with Crippen molar-refractivity contribution >= 4 is 52.2 Å². The van der Waals surface area contributed by atoms with Gasteiger partial charge in [0, 0.05) is 10.0 Å². The largest absolute Gasteiger partial charge is 0.490 e. The molecule has 27 heavy (non-hydrogen) atoms. The summed E-state index contributed by atoms with van der Waals surface area (Å²) in [7, 11) is 0. The van der Waals surface area contributed by atoms with Crippen LogP contribution in [-0.2, 0) is 11.3 Å². The predicted molar refractivity (Wildman–Crippen MR) is 110 cm³/mol. The van der Waals surface area contributed by atoms with Gasteiger partial charge in [0.2, 0.25) is 0 Å². The number of nitrogens with zero attached hydrogens (tertiary/aromatic N) is 1. The van der Waals surface area contributed by atoms with Crippen LogP contribution in [0.4, 0.5) is 4.79 Å². The van der Waals surface area contributed by atoms with E-state index in [1.165, 1.54) is 4.90 Å². The average molecular weight is 420 g/mol. The molecule has 0 bridgehead atoms. The predicted octanol–water partition coefficient (Wildman–Crippen LogP) is 5.79. The summed E-state index contributed by atoms with van der Waals surface area (Å²) in [5.74, 6) is 0.309. The van der Waals surface area contributed by atoms with Crippen LogP contribution < -0.4 is 4.74 Å². The number of carbonyl (C=O) groups excluding carboxylic acids is 2. The Morgan fingerprint density at radius 2 is 1.96 bits per heavy atom. The van der Waals surface area contributed by atoms with E-state index in [4.69, 9.17) is 27.9 Å². The molecule has 2 aromatic carbocycles. The molecular weight excluding hydrogens is 405 g/mol. The standard InChI is InChI=1S/C20H15Cl2NO3S/c1-2-8-26-16-5-3-4-13(9-16)10-18-19(24)23(20(25)27-18)12-14-6-7-15(21)11-17(14)22/h2-7,9-11H,1,8,12H2/b18-10-. The van der Waals surface area contributed by atoms with Crippen LogP contribution in [0, 0.1) is 0 Å². The second kappa shape index (κ2) is 8.65. The van der Waals surface area contributed by atoms with Gasteiger partial charge in [-0.15, -0.1) is 0 Å². The van der Waals surface area contributed by atoms with Crippen LogP contribution in [0.2, 0.25) is 10.0 Å². The first kappa shape index (κ1) is 19.5. The third-order valence-electron chi connectivity index (χ3n) is 3.74. The molecule has 0 aromatic heterocycles. The van der Waals surface area contributed by atoms with Gasteiger partial charge in [-0.1, -0.05) is 54.1 Å². The van der Waals surface area contributed by atoms with Crippen LogP contribution in [0.1, 0.15) is 11.1 Å². The second-order valence-electron chi connectivity index (χ2n) is 5.68. The van der Waals surface area contributed by atoms with Crippen molar-refractivity contribution in [2.45, 2.75) is 6.54 Å². The Hall–Kier alpha value is -2.21. The summed E-state index contributed by atoms with van der Waals surface area (Å²) in [5, 5.41) is 0.574. The van der Waals surface area contributed by atoms with Crippen molar-refractivity contribution in [3.05, 3.63) is 81.2 Å². The lowest BCUT2D eigenvalue weighted by Gasteiger charge is -2.13. The highest BCUT2D eigenvalue weighted by atomic mass is 35.5. The van der Waals surface area contributed by atoms with E-state index in [0.29, 0.717) is 32.9 Å². The number of benzene rings is 2. The molecule has 138 valence electrons. The van der Waals surface area contributed by atoms with Crippen LogP contribution in [0.5, 0.6) is 5.75 Å². The normalized spacial score (nSPS) is 15.5. The van der Waals surface area contributed by atoms with Gasteiger partial charge in [0.1, 0.15) is 12.4 Å². The van der Waals surface area contributed by atoms with E-state index in [9.17, 15) is 9.59 Å². The van der Waals surface area contributed by atoms with Crippen molar-refractivity contribution in [3.63, 3.8) is 0 Å². The molecule has 4 nitrogen and oxygen atoms in total. The van der Waals surface area contributed by atoms with Crippen LogP contribution in [-0.4, -0.2) is 22.7 Å². The maximum Gasteiger partial charge on any atom is 0.293 e. The lowest BCUT2D eigenvalue weighted by Crippen LogP contribution is -2.27. The summed E-state index contributed by atoms with van der Waals surface area (Å²) in [6.45, 7) is 4.10. The van der Waals surface area contributed by atoms with E-state index in [-0.39, 0.29) is 17.7 Å². The topological polar surface area (TPSA) is 46.6 Å². The minimum atomic E-state index is -0.353. The van der Waals surface area contributed by atoms with Crippen molar-refractivity contribution in [1.82, 2.24) is 4.90 Å². The van der Waals surface area contributed by atoms with E-state index in [1.54, 1.807) is 36.4 Å². The molecule has 2 aromatic rings. The zero-order valence-electron chi connectivity index (χ0n) is 14.2. The van der Waals surface area contributed by atoms with E-state index in [0.717, 1.165) is 17.3 Å². The van der Waals surface area contributed by atoms with Crippen LogP contribution >= 0.6 is 35.0 Å². The first-order chi connectivity index (χ1) is 13.0. The monoisotopic (exact) mass is 419 g/mol. The Morgan fingerprint density at radius 3 is 2.70 bits per heavy atom. The van der Waals surface area contributed by atoms with Crippen LogP contribution in [0.3, 0.4) is 0 Å². The molecule has 0 radical (unpaired) electrons. The quantitative estimate of drug-likeness (QED) is 0.438. The molecule has 1 heterocycles. The summed E-state index contributed by atoms with van der Waals surface area (Å²) in [5.41, 5.74) is 1.43. The van der Waals surface area contributed by atoms with Gasteiger partial charge in [-0.2, -0.15) is 0 Å². The van der Waals surface area contributed by atoms with E-state index >= 15 is 0 Å². The number of hydrogen-bond acceptors (Lipinski definition) is 4. The number of thioether (sulfide) groups is 1. The number of rotatable bonds is 6. The van der Waals surface area contributed by atoms with Gasteiger partial charge in [-0.25, -0.2) is 0 Å². The van der Waals surface area contributed by atoms with Crippen molar-refractivity contribution in [3.8, 4) is 5.75 Å². The van der Waals surface area contributed by atoms with E-state index in [1.807, 2.05) is 18.2 Å². The van der Waals surface area contributed by atoms with Gasteiger partial charge in [-0.05, 0) is 53.2 Å². The minimum absolute atomic E-state index is 0.0977. The molecule has 0 N–H and O–H groups in total. The van der Waals surface area contributed by atoms with Gasteiger partial charge in [0.15, 0.2) is 0 Å². The van der Waals surface area contributed by atoms with Gasteiger partial charge in [0.05, 0.1) is 11.4 Å². The molecule has 0 unspecified atom stereocenters. The maximum atomic E-state index is 12.7. The Balaban J connectivity index is 1.79. The lowest BCUT2D eigenvalue weighted by molar-refractivity contribution is -0.123. The molecule has 0 atom stereocenters. The molecule has 1 fully saturated rings. The SMILES string of the molecule is C=CCOc1cccc(/C=C2\SC(=O)N(Cc3ccc(Cl)cc3Cl)C2=O)c1. The first-order valence-electron chi connectivity index (χ1n) is 8.01. The summed E-state index contributed by atoms with van der Waals surface area (Å²) in [6, 6.07) is 12.2. The van der Waals surface area contributed by atoms with Gasteiger partial charge >= 0.3 is 0 Å². The average Bonchev–Trinajstić information content (AvgIpc) is 2.90. The van der Waals surface area contributed by atoms with Crippen molar-refractivity contribution in [1.29, 1.82) is 0 Å². The third kappa shape index (κ3) is 4.75. The smallest absolute Gasteiger partial charge is 0.293 e. The molecule has 3 rings (SSSR count). The fourth-order valence-electron chi connectivity index (χ4n) is 2.46. The zero-order valence-corrected chi connectivity index (χ0v) is 16.5. The molecule has 1 saturated heterocycles. The molecular formula is C20H15Cl2NO3S. The lowest BCUT2D eigenvalue weighted by atomic mass is 10.2. The maximum absolute atomic E-state index is 12.7. The fourth-order valence-corrected chi connectivity index (χ4v) is 3.76. The molecule has 1 aliphatic rings. The third-order valence-corrected chi connectivity index (χ3v) is 5.24. The number of carbonyl (C=O) groups is 2. The minimum Gasteiger partial charge on any atom is -0.490 e.